The minimum absolute atomic E-state index is 0.104. The van der Waals surface area contributed by atoms with Crippen LogP contribution in [0.5, 0.6) is 0 Å². The number of nitrogens with zero attached hydrogens (tertiary/aromatic N) is 4. The summed E-state index contributed by atoms with van der Waals surface area (Å²) < 4.78 is 0. The summed E-state index contributed by atoms with van der Waals surface area (Å²) in [7, 11) is 2.13. The van der Waals surface area contributed by atoms with Crippen LogP contribution in [-0.4, -0.2) is 61.7 Å². The van der Waals surface area contributed by atoms with E-state index in [0.29, 0.717) is 22.7 Å². The normalized spacial score (nSPS) is 14.7. The molecule has 2 N–H and O–H groups in total. The highest BCUT2D eigenvalue weighted by atomic mass is 16.7. The molecule has 0 atom stereocenters. The molecule has 9 heteroatoms. The molecule has 36 heavy (non-hydrogen) atoms. The second kappa shape index (κ2) is 12.5. The molecule has 0 aliphatic carbocycles. The van der Waals surface area contributed by atoms with Crippen LogP contribution in [0.1, 0.15) is 19.4 Å². The second-order valence-corrected chi connectivity index (χ2v) is 8.39. The number of hydrogen-bond donors (Lipinski definition) is 2. The molecule has 0 unspecified atom stereocenters. The predicted octanol–water partition coefficient (Wildman–Crippen LogP) is 3.79. The van der Waals surface area contributed by atoms with Crippen LogP contribution in [-0.2, 0) is 14.4 Å². The number of carbonyl (C=O) groups is 2. The van der Waals surface area contributed by atoms with Gasteiger partial charge in [-0.2, -0.15) is 5.48 Å². The van der Waals surface area contributed by atoms with Gasteiger partial charge >= 0.3 is 5.97 Å². The van der Waals surface area contributed by atoms with Crippen molar-refractivity contribution in [2.24, 2.45) is 9.98 Å². The van der Waals surface area contributed by atoms with Gasteiger partial charge in [0.15, 0.2) is 0 Å². The third-order valence-electron chi connectivity index (χ3n) is 5.61. The molecular weight excluding hydrogens is 456 g/mol. The zero-order chi connectivity index (χ0) is 26.1. The van der Waals surface area contributed by atoms with Crippen molar-refractivity contribution in [3.05, 3.63) is 73.3 Å². The number of guanidine groups is 1. The summed E-state index contributed by atoms with van der Waals surface area (Å²) in [6, 6.07) is 15.1. The lowest BCUT2D eigenvalue weighted by Gasteiger charge is -2.34. The van der Waals surface area contributed by atoms with Gasteiger partial charge < -0.3 is 20.0 Å². The molecule has 0 saturated carbocycles. The van der Waals surface area contributed by atoms with Gasteiger partial charge in [-0.05, 0) is 67.6 Å². The van der Waals surface area contributed by atoms with Crippen LogP contribution in [0.25, 0.3) is 5.57 Å². The number of likely N-dealkylation sites (N-methyl/N-ethyl adjacent to an activating group) is 1. The topological polar surface area (TPSA) is 98.6 Å². The monoisotopic (exact) mass is 488 g/mol. The Kier molecular flexibility index (Phi) is 9.13. The molecule has 0 bridgehead atoms. The van der Waals surface area contributed by atoms with Gasteiger partial charge in [-0.25, -0.2) is 9.98 Å². The SMILES string of the molecule is C=CC(=O)Nc1cccc(C(=C)C(C)=NC(=Nc2ccc(N3CCN(C)CC3)cc2)NOC(C)=O)c1. The quantitative estimate of drug-likeness (QED) is 0.278. The van der Waals surface area contributed by atoms with Gasteiger partial charge in [0, 0.05) is 50.2 Å². The van der Waals surface area contributed by atoms with E-state index in [1.165, 1.54) is 13.0 Å². The first-order chi connectivity index (χ1) is 17.2. The molecule has 0 spiro atoms. The van der Waals surface area contributed by atoms with Crippen LogP contribution in [0, 0.1) is 0 Å². The summed E-state index contributed by atoms with van der Waals surface area (Å²) >= 11 is 0. The average Bonchev–Trinajstić information content (AvgIpc) is 2.87. The molecule has 1 saturated heterocycles. The first-order valence-electron chi connectivity index (χ1n) is 11.6. The number of hydroxylamine groups is 1. The molecule has 188 valence electrons. The maximum Gasteiger partial charge on any atom is 0.329 e. The summed E-state index contributed by atoms with van der Waals surface area (Å²) in [5, 5.41) is 2.72. The van der Waals surface area contributed by atoms with Crippen molar-refractivity contribution in [1.82, 2.24) is 10.4 Å². The van der Waals surface area contributed by atoms with E-state index in [1.54, 1.807) is 25.1 Å². The Labute approximate surface area is 211 Å². The van der Waals surface area contributed by atoms with Gasteiger partial charge in [0.25, 0.3) is 5.96 Å². The predicted molar refractivity (Wildman–Crippen MR) is 146 cm³/mol. The van der Waals surface area contributed by atoms with Crippen LogP contribution in [0.4, 0.5) is 17.1 Å². The maximum absolute atomic E-state index is 11.6. The Hall–Kier alpha value is -4.24. The molecule has 2 aromatic rings. The van der Waals surface area contributed by atoms with Crippen molar-refractivity contribution in [1.29, 1.82) is 0 Å². The molecule has 1 aliphatic heterocycles. The van der Waals surface area contributed by atoms with Gasteiger partial charge in [-0.15, -0.1) is 0 Å². The van der Waals surface area contributed by atoms with Crippen LogP contribution < -0.4 is 15.7 Å². The van der Waals surface area contributed by atoms with E-state index in [9.17, 15) is 9.59 Å². The number of allylic oxidation sites excluding steroid dienone is 1. The molecule has 3 rings (SSSR count). The van der Waals surface area contributed by atoms with Gasteiger partial charge in [-0.1, -0.05) is 25.3 Å². The van der Waals surface area contributed by atoms with Crippen LogP contribution in [0.15, 0.2) is 77.7 Å². The van der Waals surface area contributed by atoms with E-state index in [0.717, 1.165) is 37.4 Å². The zero-order valence-electron chi connectivity index (χ0n) is 21.0. The number of aliphatic imine (C=N–C) groups is 2. The van der Waals surface area contributed by atoms with E-state index < -0.39 is 5.97 Å². The van der Waals surface area contributed by atoms with Gasteiger partial charge in [0.1, 0.15) is 0 Å². The number of carbonyl (C=O) groups excluding carboxylic acids is 2. The largest absolute Gasteiger partial charge is 0.369 e. The second-order valence-electron chi connectivity index (χ2n) is 8.39. The lowest BCUT2D eigenvalue weighted by atomic mass is 10.0. The van der Waals surface area contributed by atoms with Crippen molar-refractivity contribution in [3.63, 3.8) is 0 Å². The van der Waals surface area contributed by atoms with E-state index >= 15 is 0 Å². The molecule has 2 aromatic carbocycles. The summed E-state index contributed by atoms with van der Waals surface area (Å²) in [6.07, 6.45) is 1.20. The molecular formula is C27H32N6O3. The van der Waals surface area contributed by atoms with Gasteiger partial charge in [0.05, 0.1) is 5.69 Å². The number of rotatable bonds is 6. The Morgan fingerprint density at radius 3 is 2.39 bits per heavy atom. The molecule has 1 heterocycles. The van der Waals surface area contributed by atoms with E-state index in [-0.39, 0.29) is 11.9 Å². The van der Waals surface area contributed by atoms with Crippen molar-refractivity contribution in [3.8, 4) is 0 Å². The number of hydrogen-bond acceptors (Lipinski definition) is 6. The van der Waals surface area contributed by atoms with Crippen LogP contribution in [0.3, 0.4) is 0 Å². The number of amides is 1. The summed E-state index contributed by atoms with van der Waals surface area (Å²) in [5.41, 5.74) is 6.85. The van der Waals surface area contributed by atoms with Crippen molar-refractivity contribution >= 4 is 46.2 Å². The van der Waals surface area contributed by atoms with Crippen LogP contribution >= 0.6 is 0 Å². The molecule has 1 aliphatic rings. The van der Waals surface area contributed by atoms with E-state index in [2.05, 4.69) is 50.8 Å². The number of benzene rings is 2. The fourth-order valence-electron chi connectivity index (χ4n) is 3.53. The van der Waals surface area contributed by atoms with Crippen LogP contribution in [0.2, 0.25) is 0 Å². The standard InChI is InChI=1S/C27H32N6O3/c1-6-26(35)29-24-9-7-8-22(18-24)19(2)20(3)28-27(31-36-21(4)34)30-23-10-12-25(13-11-23)33-16-14-32(5)15-17-33/h6-13,18H,1-2,14-17H2,3-5H3,(H,29,35)(H,30,31). The first-order valence-corrected chi connectivity index (χ1v) is 11.6. The Morgan fingerprint density at radius 1 is 1.06 bits per heavy atom. The maximum atomic E-state index is 11.6. The van der Waals surface area contributed by atoms with E-state index in [1.807, 2.05) is 30.3 Å². The first kappa shape index (κ1) is 26.4. The van der Waals surface area contributed by atoms with Gasteiger partial charge in [-0.3, -0.25) is 9.59 Å². The average molecular weight is 489 g/mol. The fraction of sp³-hybridized carbons (Fsp3) is 0.259. The Bertz CT molecular complexity index is 1180. The number of nitrogens with one attached hydrogen (secondary N) is 2. The highest BCUT2D eigenvalue weighted by Gasteiger charge is 2.14. The van der Waals surface area contributed by atoms with Crippen molar-refractivity contribution in [2.75, 3.05) is 43.4 Å². The lowest BCUT2D eigenvalue weighted by Crippen LogP contribution is -2.44. The lowest BCUT2D eigenvalue weighted by molar-refractivity contribution is -0.145. The van der Waals surface area contributed by atoms with Crippen molar-refractivity contribution in [2.45, 2.75) is 13.8 Å². The van der Waals surface area contributed by atoms with Gasteiger partial charge in [0.2, 0.25) is 5.91 Å². The minimum Gasteiger partial charge on any atom is -0.369 e. The summed E-state index contributed by atoms with van der Waals surface area (Å²) in [6.45, 7) is 14.7. The third-order valence-corrected chi connectivity index (χ3v) is 5.61. The molecule has 0 radical (unpaired) electrons. The highest BCUT2D eigenvalue weighted by Crippen LogP contribution is 2.22. The molecule has 9 nitrogen and oxygen atoms in total. The highest BCUT2D eigenvalue weighted by molar-refractivity contribution is 6.25. The fourth-order valence-corrected chi connectivity index (χ4v) is 3.53. The molecule has 1 fully saturated rings. The molecule has 0 aromatic heterocycles. The smallest absolute Gasteiger partial charge is 0.329 e. The Morgan fingerprint density at radius 2 is 1.75 bits per heavy atom. The number of anilines is 2. The summed E-state index contributed by atoms with van der Waals surface area (Å²) in [4.78, 5) is 41.6. The minimum atomic E-state index is -0.523. The van der Waals surface area contributed by atoms with E-state index in [4.69, 9.17) is 4.84 Å². The number of piperazine rings is 1. The molecule has 1 amide bonds. The van der Waals surface area contributed by atoms with Crippen molar-refractivity contribution < 1.29 is 14.4 Å². The third kappa shape index (κ3) is 7.64. The Balaban J connectivity index is 1.80. The zero-order valence-corrected chi connectivity index (χ0v) is 21.0. The summed E-state index contributed by atoms with van der Waals surface area (Å²) in [5.74, 6) is -0.723.